The number of nitrogens with one attached hydrogen (secondary N) is 2. The van der Waals surface area contributed by atoms with Crippen LogP contribution >= 0.6 is 11.6 Å². The Labute approximate surface area is 231 Å². The first-order valence-electron chi connectivity index (χ1n) is 12.5. The van der Waals surface area contributed by atoms with Gasteiger partial charge in [0.1, 0.15) is 10.8 Å². The number of amides is 2. The molecule has 39 heavy (non-hydrogen) atoms. The summed E-state index contributed by atoms with van der Waals surface area (Å²) >= 11 is 5.87. The molecule has 204 valence electrons. The Morgan fingerprint density at radius 3 is 2.26 bits per heavy atom. The van der Waals surface area contributed by atoms with Crippen molar-refractivity contribution in [3.63, 3.8) is 0 Å². The van der Waals surface area contributed by atoms with Gasteiger partial charge in [0, 0.05) is 55.2 Å². The predicted octanol–water partition coefficient (Wildman–Crippen LogP) is 4.97. The van der Waals surface area contributed by atoms with E-state index in [1.54, 1.807) is 19.2 Å². The highest BCUT2D eigenvalue weighted by molar-refractivity contribution is 6.32. The van der Waals surface area contributed by atoms with Gasteiger partial charge in [-0.2, -0.15) is 0 Å². The first kappa shape index (κ1) is 27.7. The van der Waals surface area contributed by atoms with Crippen molar-refractivity contribution in [2.24, 2.45) is 0 Å². The Bertz CT molecular complexity index is 1390. The molecule has 0 radical (unpaired) electrons. The van der Waals surface area contributed by atoms with Crippen LogP contribution < -0.4 is 25.2 Å². The van der Waals surface area contributed by atoms with Crippen molar-refractivity contribution in [3.05, 3.63) is 86.9 Å². The SMILES string of the molecule is COc1ccccc1N1CCN(c2ccc(NC(=O)c3ccc(Cl)c([N+](=O)[O-])c3)cc2C(=O)NC(C)C)CC1. The molecule has 1 aliphatic rings. The maximum absolute atomic E-state index is 13.2. The molecule has 11 heteroatoms. The molecule has 3 aromatic carbocycles. The van der Waals surface area contributed by atoms with Crippen molar-refractivity contribution >= 4 is 46.2 Å². The highest BCUT2D eigenvalue weighted by atomic mass is 35.5. The minimum Gasteiger partial charge on any atom is -0.495 e. The van der Waals surface area contributed by atoms with Crippen molar-refractivity contribution in [1.82, 2.24) is 5.32 Å². The Morgan fingerprint density at radius 2 is 1.62 bits per heavy atom. The van der Waals surface area contributed by atoms with E-state index in [2.05, 4.69) is 20.4 Å². The van der Waals surface area contributed by atoms with Crippen LogP contribution in [0.1, 0.15) is 34.6 Å². The molecule has 0 bridgehead atoms. The number of nitro groups is 1. The van der Waals surface area contributed by atoms with Crippen LogP contribution in [0.25, 0.3) is 0 Å². The summed E-state index contributed by atoms with van der Waals surface area (Å²) in [5, 5.41) is 16.8. The van der Waals surface area contributed by atoms with Crippen molar-refractivity contribution in [2.45, 2.75) is 19.9 Å². The smallest absolute Gasteiger partial charge is 0.288 e. The third-order valence-electron chi connectivity index (χ3n) is 6.37. The molecule has 1 heterocycles. The van der Waals surface area contributed by atoms with Crippen molar-refractivity contribution in [2.75, 3.05) is 48.4 Å². The maximum atomic E-state index is 13.2. The fraction of sp³-hybridized carbons (Fsp3) is 0.286. The molecule has 0 unspecified atom stereocenters. The van der Waals surface area contributed by atoms with Crippen LogP contribution in [0.4, 0.5) is 22.7 Å². The van der Waals surface area contributed by atoms with E-state index < -0.39 is 10.8 Å². The average molecular weight is 552 g/mol. The third kappa shape index (κ3) is 6.40. The minimum absolute atomic E-state index is 0.0562. The number of hydrogen-bond acceptors (Lipinski definition) is 7. The molecule has 0 atom stereocenters. The summed E-state index contributed by atoms with van der Waals surface area (Å²) in [4.78, 5) is 41.0. The number of carbonyl (C=O) groups excluding carboxylic acids is 2. The topological polar surface area (TPSA) is 117 Å². The molecular formula is C28H30ClN5O5. The first-order chi connectivity index (χ1) is 18.7. The summed E-state index contributed by atoms with van der Waals surface area (Å²) in [6.07, 6.45) is 0. The van der Waals surface area contributed by atoms with Crippen LogP contribution in [0.5, 0.6) is 5.75 Å². The fourth-order valence-electron chi connectivity index (χ4n) is 4.49. The summed E-state index contributed by atoms with van der Waals surface area (Å²) in [6.45, 7) is 6.59. The van der Waals surface area contributed by atoms with Crippen molar-refractivity contribution < 1.29 is 19.2 Å². The predicted molar refractivity (Wildman–Crippen MR) is 153 cm³/mol. The quantitative estimate of drug-likeness (QED) is 0.300. The zero-order chi connectivity index (χ0) is 28.1. The molecule has 0 saturated carbocycles. The number of benzene rings is 3. The van der Waals surface area contributed by atoms with Crippen LogP contribution in [-0.4, -0.2) is 56.1 Å². The lowest BCUT2D eigenvalue weighted by Crippen LogP contribution is -2.47. The van der Waals surface area contributed by atoms with Gasteiger partial charge in [-0.1, -0.05) is 23.7 Å². The zero-order valence-electron chi connectivity index (χ0n) is 21.9. The molecule has 4 rings (SSSR count). The molecule has 10 nitrogen and oxygen atoms in total. The monoisotopic (exact) mass is 551 g/mol. The Morgan fingerprint density at radius 1 is 0.949 bits per heavy atom. The largest absolute Gasteiger partial charge is 0.495 e. The van der Waals surface area contributed by atoms with Crippen LogP contribution in [0.2, 0.25) is 5.02 Å². The molecular weight excluding hydrogens is 522 g/mol. The van der Waals surface area contributed by atoms with Gasteiger partial charge in [0.25, 0.3) is 17.5 Å². The van der Waals surface area contributed by atoms with Gasteiger partial charge in [-0.05, 0) is 56.3 Å². The van der Waals surface area contributed by atoms with Gasteiger partial charge in [-0.3, -0.25) is 19.7 Å². The lowest BCUT2D eigenvalue weighted by Gasteiger charge is -2.38. The first-order valence-corrected chi connectivity index (χ1v) is 12.9. The lowest BCUT2D eigenvalue weighted by atomic mass is 10.1. The van der Waals surface area contributed by atoms with Crippen LogP contribution in [0.15, 0.2) is 60.7 Å². The number of ether oxygens (including phenoxy) is 1. The molecule has 2 amide bonds. The maximum Gasteiger partial charge on any atom is 0.288 e. The van der Waals surface area contributed by atoms with Crippen molar-refractivity contribution in [3.8, 4) is 5.75 Å². The van der Waals surface area contributed by atoms with Crippen LogP contribution in [0.3, 0.4) is 0 Å². The number of carbonyl (C=O) groups is 2. The van der Waals surface area contributed by atoms with E-state index in [0.717, 1.165) is 36.3 Å². The number of hydrogen-bond donors (Lipinski definition) is 2. The second-order valence-corrected chi connectivity index (χ2v) is 9.79. The zero-order valence-corrected chi connectivity index (χ0v) is 22.7. The summed E-state index contributed by atoms with van der Waals surface area (Å²) in [5.41, 5.74) is 2.32. The lowest BCUT2D eigenvalue weighted by molar-refractivity contribution is -0.384. The van der Waals surface area contributed by atoms with E-state index >= 15 is 0 Å². The standard InChI is InChI=1S/C28H30ClN5O5/c1-18(2)30-28(36)21-17-20(31-27(35)19-8-10-22(29)25(16-19)34(37)38)9-11-23(21)32-12-14-33(15-13-32)24-6-4-5-7-26(24)39-3/h4-11,16-18H,12-15H2,1-3H3,(H,30,36)(H,31,35). The second-order valence-electron chi connectivity index (χ2n) is 9.38. The van der Waals surface area contributed by atoms with Gasteiger partial charge in [0.05, 0.1) is 23.3 Å². The summed E-state index contributed by atoms with van der Waals surface area (Å²) < 4.78 is 5.52. The number of piperazine rings is 1. The van der Waals surface area contributed by atoms with E-state index in [1.807, 2.05) is 44.2 Å². The summed E-state index contributed by atoms with van der Waals surface area (Å²) in [5.74, 6) is 0.00242. The highest BCUT2D eigenvalue weighted by Crippen LogP contribution is 2.31. The van der Waals surface area contributed by atoms with Gasteiger partial charge in [-0.25, -0.2) is 0 Å². The number of methoxy groups -OCH3 is 1. The number of halogens is 1. The molecule has 3 aromatic rings. The Balaban J connectivity index is 1.56. The van der Waals surface area contributed by atoms with Crippen LogP contribution in [0, 0.1) is 10.1 Å². The second kappa shape index (κ2) is 12.0. The van der Waals surface area contributed by atoms with Gasteiger partial charge < -0.3 is 25.2 Å². The van der Waals surface area contributed by atoms with E-state index in [-0.39, 0.29) is 28.2 Å². The van der Waals surface area contributed by atoms with E-state index in [9.17, 15) is 19.7 Å². The van der Waals surface area contributed by atoms with E-state index in [1.165, 1.54) is 12.1 Å². The van der Waals surface area contributed by atoms with Gasteiger partial charge in [0.15, 0.2) is 0 Å². The molecule has 1 saturated heterocycles. The highest BCUT2D eigenvalue weighted by Gasteiger charge is 2.24. The van der Waals surface area contributed by atoms with E-state index in [0.29, 0.717) is 24.3 Å². The third-order valence-corrected chi connectivity index (χ3v) is 6.69. The van der Waals surface area contributed by atoms with Gasteiger partial charge >= 0.3 is 0 Å². The van der Waals surface area contributed by atoms with Gasteiger partial charge in [0.2, 0.25) is 0 Å². The number of nitro benzene ring substituents is 1. The number of nitrogens with zero attached hydrogens (tertiary/aromatic N) is 3. The molecule has 0 aromatic heterocycles. The number of rotatable bonds is 8. The number of anilines is 3. The summed E-state index contributed by atoms with van der Waals surface area (Å²) in [7, 11) is 1.66. The molecule has 0 aliphatic carbocycles. The minimum atomic E-state index is -0.643. The Hall–Kier alpha value is -4.31. The number of para-hydroxylation sites is 2. The average Bonchev–Trinajstić information content (AvgIpc) is 2.92. The molecule has 1 aliphatic heterocycles. The Kier molecular flexibility index (Phi) is 8.55. The van der Waals surface area contributed by atoms with Crippen LogP contribution in [-0.2, 0) is 0 Å². The normalized spacial score (nSPS) is 13.3. The summed E-state index contributed by atoms with van der Waals surface area (Å²) in [6, 6.07) is 16.8. The van der Waals surface area contributed by atoms with E-state index in [4.69, 9.17) is 16.3 Å². The molecule has 0 spiro atoms. The molecule has 2 N–H and O–H groups in total. The van der Waals surface area contributed by atoms with Crippen molar-refractivity contribution in [1.29, 1.82) is 0 Å². The molecule has 1 fully saturated rings. The van der Waals surface area contributed by atoms with Gasteiger partial charge in [-0.15, -0.1) is 0 Å². The fourth-order valence-corrected chi connectivity index (χ4v) is 4.67.